The average Bonchev–Trinajstić information content (AvgIpc) is 2.27. The van der Waals surface area contributed by atoms with E-state index in [1.807, 2.05) is 0 Å². The molecule has 0 heterocycles. The first-order valence-corrected chi connectivity index (χ1v) is 8.53. The maximum Gasteiger partial charge on any atom is 2.00 e. The zero-order chi connectivity index (χ0) is 21.9. The Balaban J connectivity index is -0.000000199. The van der Waals surface area contributed by atoms with Crippen molar-refractivity contribution in [2.45, 2.75) is 79.6 Å². The summed E-state index contributed by atoms with van der Waals surface area (Å²) in [5.41, 5.74) is 0. The van der Waals surface area contributed by atoms with Gasteiger partial charge in [0.05, 0.1) is 0 Å². The molecule has 0 fully saturated rings. The fourth-order valence-corrected chi connectivity index (χ4v) is 2.46. The summed E-state index contributed by atoms with van der Waals surface area (Å²) in [6.07, 6.45) is 0. The van der Waals surface area contributed by atoms with Crippen molar-refractivity contribution in [1.82, 2.24) is 9.80 Å². The fraction of sp³-hybridized carbons (Fsp3) is 1.00. The standard InChI is InChI=1S/C14H32N2.2BF4.Cu/c1-11(2)15(12(3)4)9-10-16(13(5)6)14(7)8;2*2-1(3,4)5;/h11-14H,9-10H2,1-8H3;;;/q;2*-1;+2. The van der Waals surface area contributed by atoms with E-state index in [1.165, 1.54) is 13.1 Å². The number of rotatable bonds is 7. The van der Waals surface area contributed by atoms with Gasteiger partial charge in [0.25, 0.3) is 0 Å². The van der Waals surface area contributed by atoms with E-state index in [2.05, 4.69) is 65.2 Å². The molecule has 0 aromatic carbocycles. The van der Waals surface area contributed by atoms with Crippen molar-refractivity contribution >= 4 is 14.5 Å². The Kier molecular flexibility index (Phi) is 20.3. The van der Waals surface area contributed by atoms with Crippen molar-refractivity contribution in [2.75, 3.05) is 13.1 Å². The third kappa shape index (κ3) is 34.0. The summed E-state index contributed by atoms with van der Waals surface area (Å²) < 4.78 is 78.0. The van der Waals surface area contributed by atoms with Gasteiger partial charge in [0, 0.05) is 37.3 Å². The summed E-state index contributed by atoms with van der Waals surface area (Å²) in [7, 11) is -12.0. The smallest absolute Gasteiger partial charge is 0.418 e. The number of hydrogen-bond donors (Lipinski definition) is 0. The molecular weight excluding hydrogens is 433 g/mol. The molecule has 0 rings (SSSR count). The van der Waals surface area contributed by atoms with Crippen LogP contribution in [-0.4, -0.2) is 61.6 Å². The largest absolute Gasteiger partial charge is 2.00 e. The first-order valence-electron chi connectivity index (χ1n) is 8.53. The molecular formula is C14H32B2CuF8N2. The maximum absolute atomic E-state index is 9.75. The van der Waals surface area contributed by atoms with Gasteiger partial charge in [0.1, 0.15) is 0 Å². The van der Waals surface area contributed by atoms with Gasteiger partial charge >= 0.3 is 31.6 Å². The summed E-state index contributed by atoms with van der Waals surface area (Å²) in [5.74, 6) is 0. The summed E-state index contributed by atoms with van der Waals surface area (Å²) in [6, 6.07) is 2.56. The molecule has 171 valence electrons. The second-order valence-corrected chi connectivity index (χ2v) is 6.84. The van der Waals surface area contributed by atoms with E-state index >= 15 is 0 Å². The summed E-state index contributed by atoms with van der Waals surface area (Å²) in [6.45, 7) is 20.6. The molecule has 0 aromatic heterocycles. The number of hydrogen-bond acceptors (Lipinski definition) is 2. The van der Waals surface area contributed by atoms with Crippen LogP contribution in [0, 0.1) is 0 Å². The fourth-order valence-electron chi connectivity index (χ4n) is 2.46. The molecule has 2 nitrogen and oxygen atoms in total. The molecule has 0 aromatic rings. The predicted octanol–water partition coefficient (Wildman–Crippen LogP) is 5.82. The van der Waals surface area contributed by atoms with Crippen LogP contribution in [0.2, 0.25) is 0 Å². The van der Waals surface area contributed by atoms with Crippen LogP contribution in [0.25, 0.3) is 0 Å². The molecule has 0 N–H and O–H groups in total. The van der Waals surface area contributed by atoms with Gasteiger partial charge in [-0.15, -0.1) is 0 Å². The van der Waals surface area contributed by atoms with E-state index < -0.39 is 14.5 Å². The predicted molar refractivity (Wildman–Crippen MR) is 94.3 cm³/mol. The SMILES string of the molecule is CC(C)N(CCN(C(C)C)C(C)C)C(C)C.F[B-](F)(F)F.F[B-](F)(F)F.[Cu+2]. The van der Waals surface area contributed by atoms with E-state index in [-0.39, 0.29) is 17.1 Å². The van der Waals surface area contributed by atoms with E-state index in [0.29, 0.717) is 24.2 Å². The van der Waals surface area contributed by atoms with E-state index in [0.717, 1.165) is 0 Å². The molecule has 0 amide bonds. The van der Waals surface area contributed by atoms with Crippen molar-refractivity contribution in [3.05, 3.63) is 0 Å². The molecule has 0 aliphatic heterocycles. The molecule has 0 unspecified atom stereocenters. The van der Waals surface area contributed by atoms with Gasteiger partial charge in [-0.25, -0.2) is 0 Å². The van der Waals surface area contributed by atoms with Crippen LogP contribution in [0.4, 0.5) is 34.5 Å². The number of halogens is 8. The topological polar surface area (TPSA) is 6.48 Å². The van der Waals surface area contributed by atoms with Crippen LogP contribution < -0.4 is 0 Å². The van der Waals surface area contributed by atoms with Gasteiger partial charge in [-0.05, 0) is 55.4 Å². The Hall–Kier alpha value is 0.00935. The first kappa shape index (κ1) is 34.5. The minimum absolute atomic E-state index is 0. The molecule has 0 saturated carbocycles. The molecule has 1 radical (unpaired) electrons. The van der Waals surface area contributed by atoms with Gasteiger partial charge in [0.15, 0.2) is 0 Å². The van der Waals surface area contributed by atoms with Crippen LogP contribution in [0.3, 0.4) is 0 Å². The van der Waals surface area contributed by atoms with Gasteiger partial charge in [-0.1, -0.05) is 0 Å². The van der Waals surface area contributed by atoms with E-state index in [1.54, 1.807) is 0 Å². The molecule has 0 saturated heterocycles. The molecule has 0 aliphatic rings. The van der Waals surface area contributed by atoms with E-state index in [9.17, 15) is 34.5 Å². The zero-order valence-corrected chi connectivity index (χ0v) is 18.0. The van der Waals surface area contributed by atoms with Crippen molar-refractivity contribution in [3.63, 3.8) is 0 Å². The Morgan fingerprint density at radius 2 is 0.593 bits per heavy atom. The Morgan fingerprint density at radius 1 is 0.481 bits per heavy atom. The average molecular weight is 466 g/mol. The molecule has 0 aliphatic carbocycles. The van der Waals surface area contributed by atoms with Crippen molar-refractivity contribution in [2.24, 2.45) is 0 Å². The maximum atomic E-state index is 9.75. The third-order valence-corrected chi connectivity index (χ3v) is 3.27. The normalized spacial score (nSPS) is 12.2. The minimum atomic E-state index is -6.00. The summed E-state index contributed by atoms with van der Waals surface area (Å²) in [5, 5.41) is 0. The van der Waals surface area contributed by atoms with Crippen LogP contribution in [0.1, 0.15) is 55.4 Å². The van der Waals surface area contributed by atoms with Gasteiger partial charge in [0.2, 0.25) is 0 Å². The van der Waals surface area contributed by atoms with Crippen LogP contribution in [-0.2, 0) is 17.1 Å². The number of nitrogens with zero attached hydrogens (tertiary/aromatic N) is 2. The van der Waals surface area contributed by atoms with Gasteiger partial charge in [-0.2, -0.15) is 0 Å². The Labute approximate surface area is 169 Å². The Bertz CT molecular complexity index is 280. The van der Waals surface area contributed by atoms with Gasteiger partial charge in [-0.3, -0.25) is 9.80 Å². The molecule has 13 heteroatoms. The van der Waals surface area contributed by atoms with Crippen molar-refractivity contribution in [3.8, 4) is 0 Å². The van der Waals surface area contributed by atoms with Crippen LogP contribution in [0.5, 0.6) is 0 Å². The molecule has 0 atom stereocenters. The quantitative estimate of drug-likeness (QED) is 0.345. The first-order chi connectivity index (χ1) is 11.3. The van der Waals surface area contributed by atoms with Crippen molar-refractivity contribution in [1.29, 1.82) is 0 Å². The zero-order valence-electron chi connectivity index (χ0n) is 17.1. The second-order valence-electron chi connectivity index (χ2n) is 6.84. The summed E-state index contributed by atoms with van der Waals surface area (Å²) in [4.78, 5) is 5.13. The van der Waals surface area contributed by atoms with Crippen LogP contribution >= 0.6 is 0 Å². The molecule has 27 heavy (non-hydrogen) atoms. The Morgan fingerprint density at radius 3 is 0.667 bits per heavy atom. The van der Waals surface area contributed by atoms with E-state index in [4.69, 9.17) is 0 Å². The summed E-state index contributed by atoms with van der Waals surface area (Å²) >= 11 is 0. The van der Waals surface area contributed by atoms with Crippen LogP contribution in [0.15, 0.2) is 0 Å². The van der Waals surface area contributed by atoms with Gasteiger partial charge < -0.3 is 34.5 Å². The molecule has 0 bridgehead atoms. The third-order valence-electron chi connectivity index (χ3n) is 3.27. The molecule has 0 spiro atoms. The second kappa shape index (κ2) is 15.9. The minimum Gasteiger partial charge on any atom is -0.418 e. The monoisotopic (exact) mass is 465 g/mol. The van der Waals surface area contributed by atoms with Crippen molar-refractivity contribution < 1.29 is 51.6 Å².